The van der Waals surface area contributed by atoms with Gasteiger partial charge in [0, 0.05) is 0 Å². The Balaban J connectivity index is 1.45. The highest BCUT2D eigenvalue weighted by Crippen LogP contribution is 2.17. The van der Waals surface area contributed by atoms with E-state index in [0.717, 1.165) is 22.9 Å². The molecule has 0 radical (unpaired) electrons. The molecular formula is C16H16N4O3. The molecule has 0 spiro atoms. The van der Waals surface area contributed by atoms with E-state index in [2.05, 4.69) is 15.5 Å². The zero-order valence-electron chi connectivity index (χ0n) is 12.6. The van der Waals surface area contributed by atoms with Gasteiger partial charge in [0.2, 0.25) is 0 Å². The number of nitrogens with zero attached hydrogens (tertiary/aromatic N) is 4. The highest BCUT2D eigenvalue weighted by Gasteiger charge is 2.00. The summed E-state index contributed by atoms with van der Waals surface area (Å²) in [5.74, 6) is 2.35. The van der Waals surface area contributed by atoms with Crippen LogP contribution in [-0.2, 0) is 0 Å². The van der Waals surface area contributed by atoms with Gasteiger partial charge in [-0.25, -0.2) is 4.68 Å². The Labute approximate surface area is 133 Å². The standard InChI is InChI=1S/C16H16N4O3/c1-21-14-6-8-16(9-7-14)23-11-10-22-15-4-2-13(3-5-15)20-12-17-18-19-20/h2-9,12H,10-11H2,1H3. The Hall–Kier alpha value is -3.09. The van der Waals surface area contributed by atoms with Gasteiger partial charge in [-0.1, -0.05) is 0 Å². The number of hydrogen-bond donors (Lipinski definition) is 0. The lowest BCUT2D eigenvalue weighted by Gasteiger charge is -2.09. The molecule has 2 aromatic carbocycles. The minimum atomic E-state index is 0.455. The van der Waals surface area contributed by atoms with E-state index in [-0.39, 0.29) is 0 Å². The summed E-state index contributed by atoms with van der Waals surface area (Å²) in [6, 6.07) is 14.9. The molecule has 0 saturated carbocycles. The summed E-state index contributed by atoms with van der Waals surface area (Å²) < 4.78 is 17.9. The van der Waals surface area contributed by atoms with Crippen molar-refractivity contribution in [2.24, 2.45) is 0 Å². The van der Waals surface area contributed by atoms with Crippen molar-refractivity contribution in [1.82, 2.24) is 20.2 Å². The van der Waals surface area contributed by atoms with E-state index in [1.807, 2.05) is 48.5 Å². The van der Waals surface area contributed by atoms with E-state index in [1.165, 1.54) is 0 Å². The fourth-order valence-electron chi connectivity index (χ4n) is 1.97. The van der Waals surface area contributed by atoms with Crippen molar-refractivity contribution in [1.29, 1.82) is 0 Å². The molecule has 7 nitrogen and oxygen atoms in total. The maximum Gasteiger partial charge on any atom is 0.143 e. The molecule has 0 unspecified atom stereocenters. The summed E-state index contributed by atoms with van der Waals surface area (Å²) in [6.07, 6.45) is 1.54. The van der Waals surface area contributed by atoms with E-state index in [1.54, 1.807) is 18.1 Å². The lowest BCUT2D eigenvalue weighted by Crippen LogP contribution is -2.09. The largest absolute Gasteiger partial charge is 0.497 e. The minimum absolute atomic E-state index is 0.455. The molecule has 23 heavy (non-hydrogen) atoms. The zero-order valence-corrected chi connectivity index (χ0v) is 12.6. The van der Waals surface area contributed by atoms with Gasteiger partial charge in [0.1, 0.15) is 36.8 Å². The van der Waals surface area contributed by atoms with E-state index in [4.69, 9.17) is 14.2 Å². The van der Waals surface area contributed by atoms with Crippen molar-refractivity contribution in [3.8, 4) is 22.9 Å². The van der Waals surface area contributed by atoms with Crippen molar-refractivity contribution in [2.45, 2.75) is 0 Å². The topological polar surface area (TPSA) is 71.3 Å². The lowest BCUT2D eigenvalue weighted by atomic mass is 10.3. The fraction of sp³-hybridized carbons (Fsp3) is 0.188. The average molecular weight is 312 g/mol. The van der Waals surface area contributed by atoms with Crippen LogP contribution in [-0.4, -0.2) is 40.5 Å². The number of hydrogen-bond acceptors (Lipinski definition) is 6. The quantitative estimate of drug-likeness (QED) is 0.622. The summed E-state index contributed by atoms with van der Waals surface area (Å²) in [7, 11) is 1.63. The van der Waals surface area contributed by atoms with Gasteiger partial charge in [0.25, 0.3) is 0 Å². The Morgan fingerprint density at radius 3 is 1.91 bits per heavy atom. The molecule has 0 N–H and O–H groups in total. The fourth-order valence-corrected chi connectivity index (χ4v) is 1.97. The maximum absolute atomic E-state index is 5.63. The first-order valence-electron chi connectivity index (χ1n) is 7.08. The third-order valence-electron chi connectivity index (χ3n) is 3.13. The normalized spacial score (nSPS) is 10.3. The SMILES string of the molecule is COc1ccc(OCCOc2ccc(-n3cnnn3)cc2)cc1. The van der Waals surface area contributed by atoms with Crippen molar-refractivity contribution >= 4 is 0 Å². The summed E-state index contributed by atoms with van der Waals surface area (Å²) in [5.41, 5.74) is 0.872. The molecule has 0 saturated heterocycles. The third kappa shape index (κ3) is 3.97. The van der Waals surface area contributed by atoms with Crippen molar-refractivity contribution in [3.63, 3.8) is 0 Å². The zero-order chi connectivity index (χ0) is 15.9. The van der Waals surface area contributed by atoms with Gasteiger partial charge < -0.3 is 14.2 Å². The van der Waals surface area contributed by atoms with Crippen LogP contribution in [0.25, 0.3) is 5.69 Å². The summed E-state index contributed by atoms with van der Waals surface area (Å²) >= 11 is 0. The number of methoxy groups -OCH3 is 1. The van der Waals surface area contributed by atoms with E-state index >= 15 is 0 Å². The van der Waals surface area contributed by atoms with Gasteiger partial charge in [-0.15, -0.1) is 5.10 Å². The van der Waals surface area contributed by atoms with Crippen LogP contribution in [0.5, 0.6) is 17.2 Å². The van der Waals surface area contributed by atoms with E-state index in [0.29, 0.717) is 13.2 Å². The molecule has 0 aliphatic heterocycles. The second kappa shape index (κ2) is 7.26. The smallest absolute Gasteiger partial charge is 0.143 e. The first kappa shape index (κ1) is 14.8. The Morgan fingerprint density at radius 1 is 0.826 bits per heavy atom. The van der Waals surface area contributed by atoms with Crippen LogP contribution in [0.1, 0.15) is 0 Å². The van der Waals surface area contributed by atoms with Crippen LogP contribution < -0.4 is 14.2 Å². The molecule has 0 aliphatic rings. The van der Waals surface area contributed by atoms with Crippen LogP contribution in [0.3, 0.4) is 0 Å². The van der Waals surface area contributed by atoms with Gasteiger partial charge in [-0.3, -0.25) is 0 Å². The first-order valence-corrected chi connectivity index (χ1v) is 7.08. The third-order valence-corrected chi connectivity index (χ3v) is 3.13. The number of tetrazole rings is 1. The van der Waals surface area contributed by atoms with Gasteiger partial charge in [0.15, 0.2) is 0 Å². The molecule has 118 valence electrons. The number of benzene rings is 2. The molecule has 1 aromatic heterocycles. The lowest BCUT2D eigenvalue weighted by molar-refractivity contribution is 0.217. The molecule has 1 heterocycles. The van der Waals surface area contributed by atoms with Gasteiger partial charge in [-0.05, 0) is 59.0 Å². The second-order valence-electron chi connectivity index (χ2n) is 4.62. The molecule has 0 amide bonds. The molecule has 0 atom stereocenters. The second-order valence-corrected chi connectivity index (χ2v) is 4.62. The summed E-state index contributed by atoms with van der Waals surface area (Å²) in [4.78, 5) is 0. The van der Waals surface area contributed by atoms with Crippen LogP contribution >= 0.6 is 0 Å². The Bertz CT molecular complexity index is 712. The molecule has 0 fully saturated rings. The highest BCUT2D eigenvalue weighted by atomic mass is 16.5. The predicted octanol–water partition coefficient (Wildman–Crippen LogP) is 2.13. The van der Waals surface area contributed by atoms with Crippen LogP contribution in [0.4, 0.5) is 0 Å². The van der Waals surface area contributed by atoms with Crippen molar-refractivity contribution in [2.75, 3.05) is 20.3 Å². The Morgan fingerprint density at radius 2 is 1.39 bits per heavy atom. The summed E-state index contributed by atoms with van der Waals surface area (Å²) in [5, 5.41) is 11.0. The average Bonchev–Trinajstić information content (AvgIpc) is 3.14. The maximum atomic E-state index is 5.63. The summed E-state index contributed by atoms with van der Waals surface area (Å²) in [6.45, 7) is 0.914. The predicted molar refractivity (Wildman–Crippen MR) is 83.1 cm³/mol. The van der Waals surface area contributed by atoms with Crippen molar-refractivity contribution in [3.05, 3.63) is 54.9 Å². The first-order chi connectivity index (χ1) is 11.3. The number of ether oxygens (including phenoxy) is 3. The van der Waals surface area contributed by atoms with Crippen LogP contribution in [0, 0.1) is 0 Å². The Kier molecular flexibility index (Phi) is 4.68. The molecule has 7 heteroatoms. The molecule has 3 aromatic rings. The number of aromatic nitrogens is 4. The molecule has 3 rings (SSSR count). The van der Waals surface area contributed by atoms with E-state index < -0.39 is 0 Å². The minimum Gasteiger partial charge on any atom is -0.497 e. The van der Waals surface area contributed by atoms with E-state index in [9.17, 15) is 0 Å². The number of rotatable bonds is 7. The van der Waals surface area contributed by atoms with Crippen molar-refractivity contribution < 1.29 is 14.2 Å². The van der Waals surface area contributed by atoms with Gasteiger partial charge >= 0.3 is 0 Å². The van der Waals surface area contributed by atoms with Crippen LogP contribution in [0.15, 0.2) is 54.9 Å². The van der Waals surface area contributed by atoms with Gasteiger partial charge in [-0.2, -0.15) is 0 Å². The monoisotopic (exact) mass is 312 g/mol. The van der Waals surface area contributed by atoms with Crippen LogP contribution in [0.2, 0.25) is 0 Å². The molecule has 0 aliphatic carbocycles. The van der Waals surface area contributed by atoms with Gasteiger partial charge in [0.05, 0.1) is 12.8 Å². The molecular weight excluding hydrogens is 296 g/mol. The highest BCUT2D eigenvalue weighted by molar-refractivity contribution is 5.36. The molecule has 0 bridgehead atoms.